The van der Waals surface area contributed by atoms with Crippen molar-refractivity contribution < 1.29 is 47.0 Å². The van der Waals surface area contributed by atoms with Gasteiger partial charge >= 0.3 is 13.3 Å². The van der Waals surface area contributed by atoms with Crippen LogP contribution in [0.3, 0.4) is 0 Å². The molecule has 1 unspecified atom stereocenters. The van der Waals surface area contributed by atoms with Crippen molar-refractivity contribution in [1.82, 2.24) is 20.0 Å². The van der Waals surface area contributed by atoms with Crippen LogP contribution in [0.1, 0.15) is 41.4 Å². The van der Waals surface area contributed by atoms with Gasteiger partial charge in [0.25, 0.3) is 5.91 Å². The molecule has 13 nitrogen and oxygen atoms in total. The molecule has 1 aromatic heterocycles. The lowest BCUT2D eigenvalue weighted by molar-refractivity contribution is -0.143. The van der Waals surface area contributed by atoms with Gasteiger partial charge in [0, 0.05) is 48.6 Å². The summed E-state index contributed by atoms with van der Waals surface area (Å²) in [5.74, 6) is -1.28. The Kier molecular flexibility index (Phi) is 10.7. The number of alkyl halides is 2. The number of nitrogens with one attached hydrogen (secondary N) is 2. The molecule has 0 radical (unpaired) electrons. The number of carbonyl (C=O) groups is 4. The normalized spacial score (nSPS) is 20.2. The summed E-state index contributed by atoms with van der Waals surface area (Å²) in [7, 11) is -1.92. The first-order chi connectivity index (χ1) is 23.0. The van der Waals surface area contributed by atoms with E-state index in [1.807, 2.05) is 19.0 Å². The predicted molar refractivity (Wildman–Crippen MR) is 179 cm³/mol. The van der Waals surface area contributed by atoms with Crippen LogP contribution in [0.2, 0.25) is 0 Å². The molecule has 5 rings (SSSR count). The van der Waals surface area contributed by atoms with Gasteiger partial charge in [-0.25, -0.2) is 0 Å². The number of nitrogens with zero attached hydrogens (tertiary/aromatic N) is 3. The van der Waals surface area contributed by atoms with E-state index in [2.05, 4.69) is 10.6 Å². The number of fused-ring (bicyclic) bond motifs is 2. The van der Waals surface area contributed by atoms with E-state index in [-0.39, 0.29) is 28.8 Å². The van der Waals surface area contributed by atoms with Crippen molar-refractivity contribution in [2.24, 2.45) is 0 Å². The molecular formula is C32H38F2N5O8PS. The molecule has 2 aromatic carbocycles. The quantitative estimate of drug-likeness (QED) is 0.229. The minimum Gasteiger partial charge on any atom is -0.492 e. The second kappa shape index (κ2) is 14.5. The molecule has 3 heterocycles. The Labute approximate surface area is 285 Å². The van der Waals surface area contributed by atoms with Gasteiger partial charge in [-0.2, -0.15) is 8.78 Å². The molecule has 3 aromatic rings. The van der Waals surface area contributed by atoms with Crippen molar-refractivity contribution in [1.29, 1.82) is 0 Å². The predicted octanol–water partition coefficient (Wildman–Crippen LogP) is 3.42. The van der Waals surface area contributed by atoms with Crippen LogP contribution in [0.4, 0.5) is 14.5 Å². The van der Waals surface area contributed by atoms with Crippen molar-refractivity contribution in [2.45, 2.75) is 50.0 Å². The Morgan fingerprint density at radius 1 is 1.08 bits per heavy atom. The minimum atomic E-state index is -5.80. The topological polar surface area (TPSA) is 169 Å². The number of amides is 4. The van der Waals surface area contributed by atoms with Gasteiger partial charge in [-0.15, -0.1) is 11.3 Å². The zero-order chi connectivity index (χ0) is 35.7. The Morgan fingerprint density at radius 3 is 2.45 bits per heavy atom. The Hall–Kier alpha value is -3.95. The van der Waals surface area contributed by atoms with Gasteiger partial charge in [0.15, 0.2) is 0 Å². The highest BCUT2D eigenvalue weighted by molar-refractivity contribution is 7.52. The van der Waals surface area contributed by atoms with Gasteiger partial charge in [0.05, 0.1) is 4.88 Å². The van der Waals surface area contributed by atoms with Crippen molar-refractivity contribution in [3.63, 3.8) is 0 Å². The highest BCUT2D eigenvalue weighted by Gasteiger charge is 2.50. The lowest BCUT2D eigenvalue weighted by Crippen LogP contribution is -2.60. The molecule has 0 spiro atoms. The van der Waals surface area contributed by atoms with E-state index in [0.29, 0.717) is 48.6 Å². The second-order valence-corrected chi connectivity index (χ2v) is 15.1. The summed E-state index contributed by atoms with van der Waals surface area (Å²) < 4.78 is 46.1. The number of thiophene rings is 1. The monoisotopic (exact) mass is 721 g/mol. The zero-order valence-corrected chi connectivity index (χ0v) is 28.8. The first-order valence-corrected chi connectivity index (χ1v) is 18.0. The third-order valence-corrected chi connectivity index (χ3v) is 10.7. The summed E-state index contributed by atoms with van der Waals surface area (Å²) in [6, 6.07) is 8.82. The summed E-state index contributed by atoms with van der Waals surface area (Å²) in [5, 5.41) is 5.71. The highest BCUT2D eigenvalue weighted by atomic mass is 32.1. The van der Waals surface area contributed by atoms with Crippen LogP contribution in [0.25, 0.3) is 10.1 Å². The molecule has 3 atom stereocenters. The highest BCUT2D eigenvalue weighted by Crippen LogP contribution is 2.59. The molecule has 49 heavy (non-hydrogen) atoms. The molecule has 2 saturated heterocycles. The van der Waals surface area contributed by atoms with Crippen molar-refractivity contribution in [3.8, 4) is 5.75 Å². The first kappa shape index (κ1) is 36.3. The fourth-order valence-electron chi connectivity index (χ4n) is 5.97. The Morgan fingerprint density at radius 2 is 1.80 bits per heavy atom. The average Bonchev–Trinajstić information content (AvgIpc) is 3.65. The van der Waals surface area contributed by atoms with Gasteiger partial charge < -0.3 is 39.9 Å². The molecule has 2 aliphatic rings. The molecule has 264 valence electrons. The number of rotatable bonds is 10. The van der Waals surface area contributed by atoms with Gasteiger partial charge in [-0.05, 0) is 81.2 Å². The summed E-state index contributed by atoms with van der Waals surface area (Å²) in [6.45, 7) is 2.77. The molecule has 17 heteroatoms. The number of anilines is 1. The molecule has 0 saturated carbocycles. The largest absolute Gasteiger partial charge is 0.492 e. The number of benzene rings is 2. The maximum atomic E-state index is 14.3. The lowest BCUT2D eigenvalue weighted by Gasteiger charge is -2.38. The van der Waals surface area contributed by atoms with Gasteiger partial charge in [0.2, 0.25) is 17.7 Å². The third kappa shape index (κ3) is 8.10. The number of halogens is 2. The van der Waals surface area contributed by atoms with Gasteiger partial charge in [-0.3, -0.25) is 23.7 Å². The molecule has 2 aliphatic heterocycles. The van der Waals surface area contributed by atoms with Crippen molar-refractivity contribution >= 4 is 58.3 Å². The van der Waals surface area contributed by atoms with E-state index < -0.39 is 48.6 Å². The van der Waals surface area contributed by atoms with E-state index >= 15 is 0 Å². The van der Waals surface area contributed by atoms with Crippen LogP contribution in [-0.2, 0) is 24.6 Å². The van der Waals surface area contributed by atoms with Crippen molar-refractivity contribution in [3.05, 3.63) is 59.0 Å². The van der Waals surface area contributed by atoms with E-state index in [9.17, 15) is 32.5 Å². The van der Waals surface area contributed by atoms with Gasteiger partial charge in [0.1, 0.15) is 24.4 Å². The number of hydrogen-bond donors (Lipinski definition) is 4. The van der Waals surface area contributed by atoms with Crippen molar-refractivity contribution in [2.75, 3.05) is 45.7 Å². The van der Waals surface area contributed by atoms with Crippen LogP contribution < -0.4 is 15.4 Å². The zero-order valence-electron chi connectivity index (χ0n) is 27.1. The molecule has 2 fully saturated rings. The summed E-state index contributed by atoms with van der Waals surface area (Å²) >= 11 is 0.939. The van der Waals surface area contributed by atoms with E-state index in [4.69, 9.17) is 14.5 Å². The standard InChI is InChI=1S/C32H38F2N5O8PS/c1-19(40)38-13-12-23-7-10-26(29(41)35-22-5-8-24(9-6-22)47-15-14-37(2)3)39(23)31(43)25(18-38)36-30(42)28-17-20-16-21(4-11-27(20)49-28)32(33,34)48(44,45)46/h4-6,8-9,11,16-17,23,25-26H,7,10,12-15,18H2,1-3H3,(H,35,41)(H,36,42)(H2,44,45,46)/t23-,25?,26+/m1/s1. The maximum Gasteiger partial charge on any atom is 0.399 e. The van der Waals surface area contributed by atoms with Crippen LogP contribution in [0.5, 0.6) is 5.75 Å². The fourth-order valence-corrected chi connectivity index (χ4v) is 7.39. The van der Waals surface area contributed by atoms with Crippen LogP contribution in [0.15, 0.2) is 48.5 Å². The third-order valence-electron chi connectivity index (χ3n) is 8.63. The van der Waals surface area contributed by atoms with Crippen LogP contribution in [0, 0.1) is 0 Å². The van der Waals surface area contributed by atoms with Crippen LogP contribution >= 0.6 is 18.9 Å². The van der Waals surface area contributed by atoms with Gasteiger partial charge in [-0.1, -0.05) is 6.07 Å². The maximum absolute atomic E-state index is 14.3. The summed E-state index contributed by atoms with van der Waals surface area (Å²) in [4.78, 5) is 76.8. The lowest BCUT2D eigenvalue weighted by atomic mass is 10.1. The Balaban J connectivity index is 1.33. The minimum absolute atomic E-state index is 0.0530. The molecule has 0 aliphatic carbocycles. The van der Waals surface area contributed by atoms with E-state index in [1.54, 1.807) is 24.3 Å². The van der Waals surface area contributed by atoms with E-state index in [0.717, 1.165) is 30.0 Å². The molecule has 4 amide bonds. The first-order valence-electron chi connectivity index (χ1n) is 15.6. The molecular weight excluding hydrogens is 683 g/mol. The smallest absolute Gasteiger partial charge is 0.399 e. The Bertz CT molecular complexity index is 1780. The average molecular weight is 722 g/mol. The second-order valence-electron chi connectivity index (χ2n) is 12.4. The molecule has 0 bridgehead atoms. The van der Waals surface area contributed by atoms with Crippen LogP contribution in [-0.4, -0.2) is 107 Å². The summed E-state index contributed by atoms with van der Waals surface area (Å²) in [6.07, 6.45) is 1.35. The number of hydrogen-bond acceptors (Lipinski definition) is 8. The summed E-state index contributed by atoms with van der Waals surface area (Å²) in [5.41, 5.74) is -4.81. The SMILES string of the molecule is CC(=O)N1CC[C@H]2CC[C@@H](C(=O)Nc3ccc(OCCN(C)C)cc3)N2C(=O)C(NC(=O)c2cc3cc(C(F)(F)P(=O)(O)O)ccc3s2)C1. The fraction of sp³-hybridized carbons (Fsp3) is 0.438. The number of likely N-dealkylation sites (N-methyl/N-ethyl adjacent to an activating group) is 1. The number of ether oxygens (including phenoxy) is 1. The number of carbonyl (C=O) groups excluding carboxylic acids is 4. The van der Waals surface area contributed by atoms with E-state index in [1.165, 1.54) is 28.9 Å². The molecule has 4 N–H and O–H groups in total.